The fourth-order valence-corrected chi connectivity index (χ4v) is 1.40. The summed E-state index contributed by atoms with van der Waals surface area (Å²) in [5.74, 6) is 0.649. The third-order valence-corrected chi connectivity index (χ3v) is 2.07. The number of methoxy groups -OCH3 is 2. The molecule has 4 heteroatoms. The molecule has 0 aliphatic heterocycles. The smallest absolute Gasteiger partial charge is 0.122 e. The van der Waals surface area contributed by atoms with Crippen LogP contribution in [0.5, 0.6) is 11.5 Å². The van der Waals surface area contributed by atoms with Crippen molar-refractivity contribution in [3.05, 3.63) is 23.3 Å². The number of aryl methyl sites for hydroxylation is 1. The predicted molar refractivity (Wildman–Crippen MR) is 68.9 cm³/mol. The molecule has 1 aromatic rings. The maximum absolute atomic E-state index is 7.72. The highest BCUT2D eigenvalue weighted by Gasteiger charge is 2.09. The van der Waals surface area contributed by atoms with Crippen LogP contribution in [0.3, 0.4) is 0 Å². The minimum Gasteiger partial charge on any atom is -0.496 e. The molecule has 16 heavy (non-hydrogen) atoms. The molecule has 1 rings (SSSR count). The van der Waals surface area contributed by atoms with Crippen LogP contribution in [0.4, 0.5) is 0 Å². The average molecular weight is 250 g/mol. The van der Waals surface area contributed by atoms with E-state index in [0.717, 1.165) is 0 Å². The zero-order valence-electron chi connectivity index (χ0n) is 13.7. The molecule has 0 amide bonds. The Balaban J connectivity index is 0.00000361. The van der Waals surface area contributed by atoms with Crippen molar-refractivity contribution in [3.8, 4) is 11.5 Å². The molecule has 0 saturated carbocycles. The highest BCUT2D eigenvalue weighted by molar-refractivity contribution is 5.85. The Kier molecular flexibility index (Phi) is 3.77. The molecule has 1 aromatic carbocycles. The van der Waals surface area contributed by atoms with Crippen LogP contribution in [0.1, 0.15) is 23.5 Å². The van der Waals surface area contributed by atoms with E-state index in [1.807, 2.05) is 0 Å². The summed E-state index contributed by atoms with van der Waals surface area (Å²) in [4.78, 5) is 0. The van der Waals surface area contributed by atoms with Gasteiger partial charge in [-0.3, -0.25) is 0 Å². The van der Waals surface area contributed by atoms with E-state index >= 15 is 0 Å². The van der Waals surface area contributed by atoms with Gasteiger partial charge in [0, 0.05) is 11.5 Å². The maximum Gasteiger partial charge on any atom is 0.122 e. The van der Waals surface area contributed by atoms with E-state index in [1.165, 1.54) is 20.3 Å². The van der Waals surface area contributed by atoms with Crippen LogP contribution in [-0.2, 0) is 6.42 Å². The van der Waals surface area contributed by atoms with Crippen molar-refractivity contribution in [2.24, 2.45) is 5.73 Å². The van der Waals surface area contributed by atoms with Crippen LogP contribution in [-0.4, -0.2) is 20.2 Å². The van der Waals surface area contributed by atoms with Gasteiger partial charge in [0.2, 0.25) is 0 Å². The first-order valence-electron chi connectivity index (χ1n) is 6.63. The Morgan fingerprint density at radius 1 is 1.38 bits per heavy atom. The van der Waals surface area contributed by atoms with E-state index in [4.69, 9.17) is 20.7 Å². The molecule has 0 fully saturated rings. The lowest BCUT2D eigenvalue weighted by molar-refractivity contribution is 0.395. The standard InChI is InChI=1S/C12H19NO2.ClH/c1-8-5-12(15-4)10(6-9(2)13)7-11(8)14-3;/h5,7,9H,6,13H2,1-4H3;1H/i1D3,9D;. The average Bonchev–Trinajstić information content (AvgIpc) is 2.24. The Hall–Kier alpha value is -0.930. The zero-order chi connectivity index (χ0) is 14.8. The summed E-state index contributed by atoms with van der Waals surface area (Å²) in [6.07, 6.45) is 0.230. The molecular weight excluding hydrogens is 226 g/mol. The normalized spacial score (nSPS) is 18.0. The summed E-state index contributed by atoms with van der Waals surface area (Å²) in [6, 6.07) is 1.83. The zero-order valence-corrected chi connectivity index (χ0v) is 10.5. The molecule has 0 aliphatic rings. The van der Waals surface area contributed by atoms with Crippen molar-refractivity contribution in [2.45, 2.75) is 26.2 Å². The van der Waals surface area contributed by atoms with E-state index < -0.39 is 12.9 Å². The molecule has 0 radical (unpaired) electrons. The maximum atomic E-state index is 7.72. The minimum absolute atomic E-state index is 0. The SMILES string of the molecule is Cl.[2H]C(C)(N)Cc1cc(OC)c(C([2H])([2H])[2H])cc1OC. The molecule has 1 unspecified atom stereocenters. The lowest BCUT2D eigenvalue weighted by atomic mass is 10.0. The number of nitrogens with two attached hydrogens (primary N) is 1. The van der Waals surface area contributed by atoms with Crippen molar-refractivity contribution in [1.29, 1.82) is 0 Å². The van der Waals surface area contributed by atoms with Crippen molar-refractivity contribution in [1.82, 2.24) is 0 Å². The van der Waals surface area contributed by atoms with Crippen LogP contribution in [0, 0.1) is 6.85 Å². The molecule has 1 atom stereocenters. The van der Waals surface area contributed by atoms with Crippen LogP contribution in [0.2, 0.25) is 0 Å². The summed E-state index contributed by atoms with van der Waals surface area (Å²) < 4.78 is 40.4. The van der Waals surface area contributed by atoms with Crippen molar-refractivity contribution in [3.63, 3.8) is 0 Å². The van der Waals surface area contributed by atoms with Gasteiger partial charge >= 0.3 is 0 Å². The topological polar surface area (TPSA) is 44.5 Å². The quantitative estimate of drug-likeness (QED) is 0.891. The number of benzene rings is 1. The molecule has 0 saturated heterocycles. The second-order valence-corrected chi connectivity index (χ2v) is 3.39. The third kappa shape index (κ3) is 3.58. The van der Waals surface area contributed by atoms with E-state index in [2.05, 4.69) is 0 Å². The summed E-state index contributed by atoms with van der Waals surface area (Å²) in [7, 11) is 2.86. The first-order valence-corrected chi connectivity index (χ1v) is 4.63. The van der Waals surface area contributed by atoms with Gasteiger partial charge in [-0.25, -0.2) is 0 Å². The molecule has 0 spiro atoms. The summed E-state index contributed by atoms with van der Waals surface area (Å²) in [5, 5.41) is 0. The van der Waals surface area contributed by atoms with Gasteiger partial charge in [0.15, 0.2) is 0 Å². The van der Waals surface area contributed by atoms with Crippen LogP contribution < -0.4 is 15.2 Å². The summed E-state index contributed by atoms with van der Waals surface area (Å²) in [6.45, 7) is -0.722. The van der Waals surface area contributed by atoms with E-state index in [1.54, 1.807) is 13.0 Å². The second kappa shape index (κ2) is 6.61. The van der Waals surface area contributed by atoms with Crippen LogP contribution in [0.15, 0.2) is 12.1 Å². The van der Waals surface area contributed by atoms with E-state index in [-0.39, 0.29) is 30.1 Å². The predicted octanol–water partition coefficient (Wildman–Crippen LogP) is 2.32. The molecule has 0 bridgehead atoms. The lowest BCUT2D eigenvalue weighted by Gasteiger charge is -2.14. The molecule has 0 aliphatic carbocycles. The highest BCUT2D eigenvalue weighted by Crippen LogP contribution is 2.28. The number of hydrogen-bond donors (Lipinski definition) is 1. The van der Waals surface area contributed by atoms with Gasteiger partial charge in [-0.1, -0.05) is 0 Å². The van der Waals surface area contributed by atoms with Gasteiger partial charge in [-0.15, -0.1) is 12.4 Å². The molecule has 0 aromatic heterocycles. The van der Waals surface area contributed by atoms with E-state index in [9.17, 15) is 0 Å². The monoisotopic (exact) mass is 249 g/mol. The highest BCUT2D eigenvalue weighted by atomic mass is 35.5. The Bertz CT molecular complexity index is 458. The first kappa shape index (κ1) is 9.14. The van der Waals surface area contributed by atoms with Crippen LogP contribution in [0.25, 0.3) is 0 Å². The third-order valence-electron chi connectivity index (χ3n) is 2.07. The number of hydrogen-bond acceptors (Lipinski definition) is 3. The summed E-state index contributed by atoms with van der Waals surface area (Å²) in [5.41, 5.74) is 6.39. The Morgan fingerprint density at radius 2 is 2.00 bits per heavy atom. The fourth-order valence-electron chi connectivity index (χ4n) is 1.40. The molecule has 3 nitrogen and oxygen atoms in total. The molecule has 0 heterocycles. The lowest BCUT2D eigenvalue weighted by Crippen LogP contribution is -2.18. The van der Waals surface area contributed by atoms with Crippen molar-refractivity contribution < 1.29 is 15.0 Å². The van der Waals surface area contributed by atoms with Gasteiger partial charge in [0.25, 0.3) is 0 Å². The van der Waals surface area contributed by atoms with Crippen molar-refractivity contribution >= 4 is 12.4 Å². The van der Waals surface area contributed by atoms with Gasteiger partial charge in [0.05, 0.1) is 14.2 Å². The van der Waals surface area contributed by atoms with Crippen molar-refractivity contribution in [2.75, 3.05) is 14.2 Å². The molecule has 2 N–H and O–H groups in total. The van der Waals surface area contributed by atoms with Gasteiger partial charge in [0.1, 0.15) is 11.5 Å². The number of rotatable bonds is 4. The fraction of sp³-hybridized carbons (Fsp3) is 0.500. The number of ether oxygens (including phenoxy) is 2. The van der Waals surface area contributed by atoms with Gasteiger partial charge in [-0.2, -0.15) is 0 Å². The first-order chi connectivity index (χ1) is 8.58. The largest absolute Gasteiger partial charge is 0.496 e. The van der Waals surface area contributed by atoms with Gasteiger partial charge < -0.3 is 15.2 Å². The van der Waals surface area contributed by atoms with E-state index in [0.29, 0.717) is 11.3 Å². The molecular formula is C12H20ClNO2. The minimum atomic E-state index is -2.29. The Morgan fingerprint density at radius 3 is 2.44 bits per heavy atom. The van der Waals surface area contributed by atoms with Gasteiger partial charge in [-0.05, 0) is 43.5 Å². The molecule has 92 valence electrons. The Labute approximate surface area is 109 Å². The second-order valence-electron chi connectivity index (χ2n) is 3.39. The number of halogens is 1. The van der Waals surface area contributed by atoms with Crippen LogP contribution >= 0.6 is 12.4 Å². The summed E-state index contributed by atoms with van der Waals surface area (Å²) >= 11 is 0.